The van der Waals surface area contributed by atoms with E-state index in [-0.39, 0.29) is 24.0 Å². The summed E-state index contributed by atoms with van der Waals surface area (Å²) in [6, 6.07) is 0.563. The van der Waals surface area contributed by atoms with Crippen LogP contribution in [0.1, 0.15) is 33.1 Å². The zero-order valence-corrected chi connectivity index (χ0v) is 16.6. The lowest BCUT2D eigenvalue weighted by molar-refractivity contribution is 0.0132. The molecule has 2 fully saturated rings. The van der Waals surface area contributed by atoms with Gasteiger partial charge in [-0.25, -0.2) is 0 Å². The zero-order valence-electron chi connectivity index (χ0n) is 14.3. The van der Waals surface area contributed by atoms with E-state index in [4.69, 9.17) is 4.74 Å². The van der Waals surface area contributed by atoms with E-state index >= 15 is 0 Å². The molecule has 2 rings (SSSR count). The fraction of sp³-hybridized carbons (Fsp3) is 0.938. The summed E-state index contributed by atoms with van der Waals surface area (Å²) in [7, 11) is 1.86. The quantitative estimate of drug-likeness (QED) is 0.373. The second-order valence-corrected chi connectivity index (χ2v) is 6.71. The van der Waals surface area contributed by atoms with E-state index in [2.05, 4.69) is 34.4 Å². The summed E-state index contributed by atoms with van der Waals surface area (Å²) in [5, 5.41) is 6.95. The molecule has 6 heteroatoms. The fourth-order valence-electron chi connectivity index (χ4n) is 2.85. The second-order valence-electron chi connectivity index (χ2n) is 6.71. The van der Waals surface area contributed by atoms with Gasteiger partial charge in [0.25, 0.3) is 0 Å². The van der Waals surface area contributed by atoms with Crippen molar-refractivity contribution in [2.45, 2.75) is 39.2 Å². The summed E-state index contributed by atoms with van der Waals surface area (Å²) in [6.45, 7) is 10.4. The summed E-state index contributed by atoms with van der Waals surface area (Å²) in [5.74, 6) is 2.53. The van der Waals surface area contributed by atoms with Gasteiger partial charge in [-0.3, -0.25) is 9.89 Å². The lowest BCUT2D eigenvalue weighted by atomic mass is 10.0. The first kappa shape index (κ1) is 20.0. The highest BCUT2D eigenvalue weighted by molar-refractivity contribution is 14.0. The molecule has 0 bridgehead atoms. The molecule has 0 aromatic carbocycles. The number of rotatable bonds is 7. The SMILES string of the molecule is CN=C(NCC1CC1)NCC(CC(C)C)N1CCOCC1.I. The minimum atomic E-state index is 0. The number of nitrogens with zero attached hydrogens (tertiary/aromatic N) is 2. The molecule has 1 atom stereocenters. The maximum Gasteiger partial charge on any atom is 0.191 e. The van der Waals surface area contributed by atoms with Gasteiger partial charge in [0.1, 0.15) is 0 Å². The Kier molecular flexibility index (Phi) is 9.66. The van der Waals surface area contributed by atoms with Gasteiger partial charge in [0, 0.05) is 39.3 Å². The summed E-state index contributed by atoms with van der Waals surface area (Å²) >= 11 is 0. The molecule has 0 spiro atoms. The van der Waals surface area contributed by atoms with Crippen molar-refractivity contribution in [1.82, 2.24) is 15.5 Å². The Balaban J connectivity index is 0.00000242. The maximum atomic E-state index is 5.48. The van der Waals surface area contributed by atoms with Crippen LogP contribution in [0.4, 0.5) is 0 Å². The van der Waals surface area contributed by atoms with Crippen molar-refractivity contribution in [2.75, 3.05) is 46.4 Å². The van der Waals surface area contributed by atoms with Crippen molar-refractivity contribution in [2.24, 2.45) is 16.8 Å². The minimum absolute atomic E-state index is 0. The first-order valence-electron chi connectivity index (χ1n) is 8.45. The van der Waals surface area contributed by atoms with Gasteiger partial charge in [0.15, 0.2) is 5.96 Å². The first-order valence-corrected chi connectivity index (χ1v) is 8.45. The average molecular weight is 424 g/mol. The highest BCUT2D eigenvalue weighted by Gasteiger charge is 2.23. The Bertz CT molecular complexity index is 328. The molecule has 0 radical (unpaired) electrons. The standard InChI is InChI=1S/C16H32N4O.HI/c1-13(2)10-15(20-6-8-21-9-7-20)12-19-16(17-3)18-11-14-4-5-14;/h13-15H,4-12H2,1-3H3,(H2,17,18,19);1H. The summed E-state index contributed by atoms with van der Waals surface area (Å²) < 4.78 is 5.48. The zero-order chi connectivity index (χ0) is 15.1. The predicted octanol–water partition coefficient (Wildman–Crippen LogP) is 1.93. The van der Waals surface area contributed by atoms with Crippen LogP contribution in [0, 0.1) is 11.8 Å². The Morgan fingerprint density at radius 2 is 1.91 bits per heavy atom. The Morgan fingerprint density at radius 1 is 1.23 bits per heavy atom. The maximum absolute atomic E-state index is 5.48. The van der Waals surface area contributed by atoms with Crippen molar-refractivity contribution >= 4 is 29.9 Å². The first-order chi connectivity index (χ1) is 10.2. The molecule has 1 saturated carbocycles. The van der Waals surface area contributed by atoms with Crippen molar-refractivity contribution in [3.63, 3.8) is 0 Å². The number of ether oxygens (including phenoxy) is 1. The van der Waals surface area contributed by atoms with Gasteiger partial charge < -0.3 is 15.4 Å². The van der Waals surface area contributed by atoms with E-state index < -0.39 is 0 Å². The van der Waals surface area contributed by atoms with Gasteiger partial charge in [0.2, 0.25) is 0 Å². The molecular weight excluding hydrogens is 391 g/mol. The van der Waals surface area contributed by atoms with Crippen LogP contribution in [-0.4, -0.2) is 63.3 Å². The van der Waals surface area contributed by atoms with E-state index in [1.54, 1.807) is 0 Å². The van der Waals surface area contributed by atoms with Gasteiger partial charge in [-0.15, -0.1) is 24.0 Å². The van der Waals surface area contributed by atoms with Gasteiger partial charge in [-0.05, 0) is 31.1 Å². The molecule has 0 aromatic rings. The molecule has 0 amide bonds. The van der Waals surface area contributed by atoms with Crippen LogP contribution in [0.15, 0.2) is 4.99 Å². The number of hydrogen-bond acceptors (Lipinski definition) is 3. The number of halogens is 1. The highest BCUT2D eigenvalue weighted by Crippen LogP contribution is 2.27. The molecular formula is C16H33IN4O. The summed E-state index contributed by atoms with van der Waals surface area (Å²) in [5.41, 5.74) is 0. The lowest BCUT2D eigenvalue weighted by Crippen LogP contribution is -2.51. The van der Waals surface area contributed by atoms with Crippen LogP contribution in [0.25, 0.3) is 0 Å². The van der Waals surface area contributed by atoms with Gasteiger partial charge in [0.05, 0.1) is 13.2 Å². The monoisotopic (exact) mass is 424 g/mol. The van der Waals surface area contributed by atoms with Crippen LogP contribution in [0.3, 0.4) is 0 Å². The Morgan fingerprint density at radius 3 is 2.45 bits per heavy atom. The molecule has 5 nitrogen and oxygen atoms in total. The highest BCUT2D eigenvalue weighted by atomic mass is 127. The van der Waals surface area contributed by atoms with Crippen LogP contribution in [-0.2, 0) is 4.74 Å². The second kappa shape index (κ2) is 10.6. The average Bonchev–Trinajstić information content (AvgIpc) is 3.31. The number of hydrogen-bond donors (Lipinski definition) is 2. The van der Waals surface area contributed by atoms with E-state index in [0.29, 0.717) is 12.0 Å². The predicted molar refractivity (Wildman–Crippen MR) is 103 cm³/mol. The number of nitrogens with one attached hydrogen (secondary N) is 2. The third kappa shape index (κ3) is 7.46. The molecule has 2 N–H and O–H groups in total. The molecule has 1 unspecified atom stereocenters. The molecule has 22 heavy (non-hydrogen) atoms. The summed E-state index contributed by atoms with van der Waals surface area (Å²) in [4.78, 5) is 6.90. The summed E-state index contributed by atoms with van der Waals surface area (Å²) in [6.07, 6.45) is 3.95. The van der Waals surface area contributed by atoms with Crippen LogP contribution < -0.4 is 10.6 Å². The lowest BCUT2D eigenvalue weighted by Gasteiger charge is -2.35. The topological polar surface area (TPSA) is 48.9 Å². The number of morpholine rings is 1. The molecule has 1 saturated heterocycles. The minimum Gasteiger partial charge on any atom is -0.379 e. The third-order valence-corrected chi connectivity index (χ3v) is 4.29. The molecule has 1 aliphatic carbocycles. The van der Waals surface area contributed by atoms with E-state index in [9.17, 15) is 0 Å². The van der Waals surface area contributed by atoms with Crippen molar-refractivity contribution in [1.29, 1.82) is 0 Å². The third-order valence-electron chi connectivity index (χ3n) is 4.29. The molecule has 2 aliphatic rings. The molecule has 0 aromatic heterocycles. The largest absolute Gasteiger partial charge is 0.379 e. The van der Waals surface area contributed by atoms with E-state index in [1.165, 1.54) is 19.3 Å². The van der Waals surface area contributed by atoms with Crippen LogP contribution in [0.2, 0.25) is 0 Å². The van der Waals surface area contributed by atoms with Gasteiger partial charge in [-0.2, -0.15) is 0 Å². The van der Waals surface area contributed by atoms with Gasteiger partial charge >= 0.3 is 0 Å². The Hall–Kier alpha value is -0.0800. The Labute approximate surface area is 152 Å². The molecule has 130 valence electrons. The van der Waals surface area contributed by atoms with E-state index in [0.717, 1.165) is 51.3 Å². The fourth-order valence-corrected chi connectivity index (χ4v) is 2.85. The molecule has 1 heterocycles. The normalized spacial score (nSPS) is 21.4. The van der Waals surface area contributed by atoms with Crippen LogP contribution in [0.5, 0.6) is 0 Å². The van der Waals surface area contributed by atoms with Crippen molar-refractivity contribution in [3.8, 4) is 0 Å². The molecule has 1 aliphatic heterocycles. The van der Waals surface area contributed by atoms with Crippen LogP contribution >= 0.6 is 24.0 Å². The van der Waals surface area contributed by atoms with Crippen molar-refractivity contribution in [3.05, 3.63) is 0 Å². The van der Waals surface area contributed by atoms with Crippen molar-refractivity contribution < 1.29 is 4.74 Å². The van der Waals surface area contributed by atoms with Gasteiger partial charge in [-0.1, -0.05) is 13.8 Å². The smallest absolute Gasteiger partial charge is 0.191 e. The number of aliphatic imine (C=N–C) groups is 1. The number of guanidine groups is 1. The van der Waals surface area contributed by atoms with E-state index in [1.807, 2.05) is 7.05 Å².